The molecule has 3 aromatic rings. The zero-order valence-electron chi connectivity index (χ0n) is 22.9. The van der Waals surface area contributed by atoms with E-state index in [0.29, 0.717) is 5.69 Å². The number of amides is 2. The molecule has 0 saturated heterocycles. The maximum Gasteiger partial charge on any atom is 0.264 e. The van der Waals surface area contributed by atoms with Crippen molar-refractivity contribution < 1.29 is 18.0 Å². The number of hydrogen-bond donors (Lipinski definition) is 1. The van der Waals surface area contributed by atoms with Gasteiger partial charge in [-0.2, -0.15) is 0 Å². The first-order chi connectivity index (χ1) is 17.9. The van der Waals surface area contributed by atoms with Crippen molar-refractivity contribution in [1.29, 1.82) is 0 Å². The van der Waals surface area contributed by atoms with Gasteiger partial charge in [-0.05, 0) is 76.4 Å². The second-order valence-corrected chi connectivity index (χ2v) is 11.8. The van der Waals surface area contributed by atoms with Crippen LogP contribution < -0.4 is 9.62 Å². The molecule has 1 unspecified atom stereocenters. The van der Waals surface area contributed by atoms with Gasteiger partial charge in [0.2, 0.25) is 11.8 Å². The molecule has 0 aromatic heterocycles. The number of sulfonamides is 1. The third-order valence-electron chi connectivity index (χ3n) is 6.53. The zero-order valence-corrected chi connectivity index (χ0v) is 23.7. The maximum absolute atomic E-state index is 13.9. The van der Waals surface area contributed by atoms with E-state index in [4.69, 9.17) is 0 Å². The summed E-state index contributed by atoms with van der Waals surface area (Å²) in [6, 6.07) is 20.2. The van der Waals surface area contributed by atoms with Crippen LogP contribution >= 0.6 is 0 Å². The van der Waals surface area contributed by atoms with E-state index in [-0.39, 0.29) is 23.4 Å². The maximum atomic E-state index is 13.9. The molecule has 0 fully saturated rings. The summed E-state index contributed by atoms with van der Waals surface area (Å²) in [5, 5.41) is 2.87. The van der Waals surface area contributed by atoms with Crippen molar-refractivity contribution >= 4 is 27.5 Å². The Kier molecular flexibility index (Phi) is 9.33. The Hall–Kier alpha value is -3.65. The van der Waals surface area contributed by atoms with Crippen LogP contribution in [0.4, 0.5) is 5.69 Å². The molecule has 2 amide bonds. The topological polar surface area (TPSA) is 86.8 Å². The smallest absolute Gasteiger partial charge is 0.264 e. The van der Waals surface area contributed by atoms with Crippen molar-refractivity contribution in [2.24, 2.45) is 0 Å². The van der Waals surface area contributed by atoms with Crippen molar-refractivity contribution in [2.45, 2.75) is 65.1 Å². The fraction of sp³-hybridized carbons (Fsp3) is 0.333. The number of nitrogens with one attached hydrogen (secondary N) is 1. The minimum Gasteiger partial charge on any atom is -0.352 e. The number of carbonyl (C=O) groups excluding carboxylic acids is 2. The van der Waals surface area contributed by atoms with Gasteiger partial charge in [-0.1, -0.05) is 60.2 Å². The fourth-order valence-electron chi connectivity index (χ4n) is 4.12. The third-order valence-corrected chi connectivity index (χ3v) is 8.30. The monoisotopic (exact) mass is 535 g/mol. The molecule has 0 saturated carbocycles. The number of carbonyl (C=O) groups is 2. The molecule has 202 valence electrons. The highest BCUT2D eigenvalue weighted by atomic mass is 32.2. The van der Waals surface area contributed by atoms with Crippen LogP contribution in [0.25, 0.3) is 0 Å². The Morgan fingerprint density at radius 1 is 0.842 bits per heavy atom. The Morgan fingerprint density at radius 3 is 2.08 bits per heavy atom. The van der Waals surface area contributed by atoms with E-state index in [9.17, 15) is 18.0 Å². The Balaban J connectivity index is 2.06. The molecule has 38 heavy (non-hydrogen) atoms. The Labute approximate surface area is 226 Å². The molecule has 0 radical (unpaired) electrons. The SMILES string of the molecule is Cc1ccc(CN(C(=O)CN(c2cccc(C)c2C)S(=O)(=O)c2ccccc2)C(C)C(=O)NC(C)C)cc1. The lowest BCUT2D eigenvalue weighted by Crippen LogP contribution is -2.52. The van der Waals surface area contributed by atoms with Crippen LogP contribution in [0.5, 0.6) is 0 Å². The summed E-state index contributed by atoms with van der Waals surface area (Å²) in [6.45, 7) is 10.8. The summed E-state index contributed by atoms with van der Waals surface area (Å²) in [7, 11) is -4.08. The molecule has 1 N–H and O–H groups in total. The van der Waals surface area contributed by atoms with Gasteiger partial charge in [0.15, 0.2) is 0 Å². The summed E-state index contributed by atoms with van der Waals surface area (Å²) in [5.74, 6) is -0.776. The van der Waals surface area contributed by atoms with E-state index >= 15 is 0 Å². The number of nitrogens with zero attached hydrogens (tertiary/aromatic N) is 2. The van der Waals surface area contributed by atoms with E-state index in [2.05, 4.69) is 5.32 Å². The van der Waals surface area contributed by atoms with Crippen LogP contribution in [0.2, 0.25) is 0 Å². The van der Waals surface area contributed by atoms with Crippen LogP contribution in [0.15, 0.2) is 77.7 Å². The van der Waals surface area contributed by atoms with Crippen molar-refractivity contribution in [3.8, 4) is 0 Å². The Morgan fingerprint density at radius 2 is 1.47 bits per heavy atom. The predicted molar refractivity (Wildman–Crippen MR) is 151 cm³/mol. The number of hydrogen-bond acceptors (Lipinski definition) is 4. The summed E-state index contributed by atoms with van der Waals surface area (Å²) in [6.07, 6.45) is 0. The molecule has 0 heterocycles. The molecular weight excluding hydrogens is 498 g/mol. The lowest BCUT2D eigenvalue weighted by Gasteiger charge is -2.33. The van der Waals surface area contributed by atoms with Gasteiger partial charge >= 0.3 is 0 Å². The number of aryl methyl sites for hydroxylation is 2. The standard InChI is InChI=1S/C30H37N3O4S/c1-21(2)31-30(35)25(6)32(19-26-17-15-22(3)16-18-26)29(34)20-33(28-14-10-11-23(4)24(28)5)38(36,37)27-12-8-7-9-13-27/h7-18,21,25H,19-20H2,1-6H3,(H,31,35). The predicted octanol–water partition coefficient (Wildman–Crippen LogP) is 4.75. The first kappa shape index (κ1) is 28.9. The van der Waals surface area contributed by atoms with Crippen LogP contribution in [0.3, 0.4) is 0 Å². The second kappa shape index (κ2) is 12.3. The zero-order chi connectivity index (χ0) is 28.0. The fourth-order valence-corrected chi connectivity index (χ4v) is 5.61. The summed E-state index contributed by atoms with van der Waals surface area (Å²) in [4.78, 5) is 28.5. The van der Waals surface area contributed by atoms with Gasteiger partial charge in [-0.3, -0.25) is 13.9 Å². The van der Waals surface area contributed by atoms with Crippen molar-refractivity contribution in [3.05, 3.63) is 95.1 Å². The highest BCUT2D eigenvalue weighted by Gasteiger charge is 2.33. The van der Waals surface area contributed by atoms with E-state index < -0.39 is 28.5 Å². The molecule has 0 aliphatic rings. The van der Waals surface area contributed by atoms with Crippen LogP contribution in [-0.2, 0) is 26.2 Å². The molecule has 3 rings (SSSR count). The quantitative estimate of drug-likeness (QED) is 0.406. The third kappa shape index (κ3) is 6.81. The normalized spacial score (nSPS) is 12.2. The number of rotatable bonds is 10. The molecule has 0 aliphatic heterocycles. The molecule has 1 atom stereocenters. The second-order valence-electron chi connectivity index (χ2n) is 9.89. The van der Waals surface area contributed by atoms with Gasteiger partial charge in [0.1, 0.15) is 12.6 Å². The Bertz CT molecular complexity index is 1370. The average molecular weight is 536 g/mol. The molecule has 8 heteroatoms. The van der Waals surface area contributed by atoms with Crippen LogP contribution in [0.1, 0.15) is 43.0 Å². The van der Waals surface area contributed by atoms with Gasteiger partial charge < -0.3 is 10.2 Å². The van der Waals surface area contributed by atoms with Gasteiger partial charge in [0.05, 0.1) is 10.6 Å². The summed E-state index contributed by atoms with van der Waals surface area (Å²) >= 11 is 0. The highest BCUT2D eigenvalue weighted by molar-refractivity contribution is 7.92. The average Bonchev–Trinajstić information content (AvgIpc) is 2.88. The molecule has 7 nitrogen and oxygen atoms in total. The van der Waals surface area contributed by atoms with Crippen LogP contribution in [-0.4, -0.2) is 43.8 Å². The van der Waals surface area contributed by atoms with E-state index in [1.807, 2.05) is 65.0 Å². The molecule has 3 aromatic carbocycles. The largest absolute Gasteiger partial charge is 0.352 e. The molecular formula is C30H37N3O4S. The number of benzene rings is 3. The summed E-state index contributed by atoms with van der Waals surface area (Å²) in [5.41, 5.74) is 4.02. The summed E-state index contributed by atoms with van der Waals surface area (Å²) < 4.78 is 28.9. The first-order valence-corrected chi connectivity index (χ1v) is 14.1. The number of anilines is 1. The van der Waals surface area contributed by atoms with E-state index in [1.165, 1.54) is 17.0 Å². The molecule has 0 bridgehead atoms. The van der Waals surface area contributed by atoms with Gasteiger partial charge in [-0.25, -0.2) is 8.42 Å². The van der Waals surface area contributed by atoms with Gasteiger partial charge in [0, 0.05) is 12.6 Å². The van der Waals surface area contributed by atoms with Gasteiger partial charge in [-0.15, -0.1) is 0 Å². The van der Waals surface area contributed by atoms with Crippen molar-refractivity contribution in [2.75, 3.05) is 10.8 Å². The van der Waals surface area contributed by atoms with E-state index in [0.717, 1.165) is 26.6 Å². The minimum absolute atomic E-state index is 0.0874. The van der Waals surface area contributed by atoms with E-state index in [1.54, 1.807) is 37.3 Å². The molecule has 0 aliphatic carbocycles. The van der Waals surface area contributed by atoms with Crippen molar-refractivity contribution in [3.63, 3.8) is 0 Å². The van der Waals surface area contributed by atoms with Crippen molar-refractivity contribution in [1.82, 2.24) is 10.2 Å². The lowest BCUT2D eigenvalue weighted by molar-refractivity contribution is -0.139. The highest BCUT2D eigenvalue weighted by Crippen LogP contribution is 2.29. The van der Waals surface area contributed by atoms with Gasteiger partial charge in [0.25, 0.3) is 10.0 Å². The van der Waals surface area contributed by atoms with Crippen LogP contribution in [0, 0.1) is 20.8 Å². The molecule has 0 spiro atoms. The first-order valence-electron chi connectivity index (χ1n) is 12.7. The lowest BCUT2D eigenvalue weighted by atomic mass is 10.1. The minimum atomic E-state index is -4.08.